The maximum absolute atomic E-state index is 12.0. The molecule has 0 saturated heterocycles. The first kappa shape index (κ1) is 32.0. The Balaban J connectivity index is 0.000000240. The van der Waals surface area contributed by atoms with E-state index in [1.165, 1.54) is 0 Å². The third kappa shape index (κ3) is 8.03. The second-order valence-electron chi connectivity index (χ2n) is 9.55. The first-order valence-corrected chi connectivity index (χ1v) is 14.2. The van der Waals surface area contributed by atoms with Gasteiger partial charge in [0.25, 0.3) is 11.8 Å². The van der Waals surface area contributed by atoms with Crippen LogP contribution in [0.3, 0.4) is 0 Å². The summed E-state index contributed by atoms with van der Waals surface area (Å²) in [7, 11) is 0. The number of aromatic amines is 2. The van der Waals surface area contributed by atoms with Crippen molar-refractivity contribution < 1.29 is 29.0 Å². The smallest absolute Gasteiger partial charge is 0.320 e. The van der Waals surface area contributed by atoms with Crippen LogP contribution in [0.4, 0.5) is 0 Å². The number of nitrogens with one attached hydrogen (secondary N) is 2. The molecule has 2 aromatic heterocycles. The number of H-pyrrole nitrogens is 2. The molecule has 4 aromatic rings. The zero-order valence-electron chi connectivity index (χ0n) is 24.7. The molecule has 5 N–H and O–H groups in total. The number of hydrogen-bond donors (Lipinski definition) is 4. The van der Waals surface area contributed by atoms with Crippen LogP contribution in [0.5, 0.6) is 11.5 Å². The van der Waals surface area contributed by atoms with Crippen LogP contribution in [-0.2, 0) is 20.8 Å². The van der Waals surface area contributed by atoms with E-state index in [0.717, 1.165) is 33.1 Å². The van der Waals surface area contributed by atoms with Crippen molar-refractivity contribution in [1.29, 1.82) is 0 Å². The number of aliphatic carboxylic acids is 1. The van der Waals surface area contributed by atoms with Gasteiger partial charge in [0.15, 0.2) is 13.2 Å². The number of carbonyl (C=O) groups is 3. The van der Waals surface area contributed by atoms with Crippen LogP contribution in [0.2, 0.25) is 0 Å². The number of fused-ring (bicyclic) bond motifs is 2. The molecule has 0 saturated carbocycles. The molecule has 42 heavy (non-hydrogen) atoms. The molecule has 11 nitrogen and oxygen atoms in total. The molecule has 0 aliphatic carbocycles. The minimum absolute atomic E-state index is 0.0172. The van der Waals surface area contributed by atoms with Crippen LogP contribution in [0.25, 0.3) is 21.8 Å². The molecule has 0 aliphatic rings. The number of carboxylic acid groups (broad SMARTS) is 1. The number of hydrogen-bond acceptors (Lipinski definition) is 6. The van der Waals surface area contributed by atoms with Gasteiger partial charge in [-0.1, -0.05) is 24.3 Å². The van der Waals surface area contributed by atoms with E-state index in [1.807, 2.05) is 70.3 Å². The number of ether oxygens (including phenoxy) is 2. The first-order chi connectivity index (χ1) is 20.2. The summed E-state index contributed by atoms with van der Waals surface area (Å²) in [4.78, 5) is 44.5. The van der Waals surface area contributed by atoms with Gasteiger partial charge < -0.3 is 40.1 Å². The van der Waals surface area contributed by atoms with E-state index >= 15 is 0 Å². The average molecular weight is 580 g/mol. The predicted molar refractivity (Wildman–Crippen MR) is 163 cm³/mol. The largest absolute Gasteiger partial charge is 0.482 e. The molecular weight excluding hydrogens is 538 g/mol. The first-order valence-electron chi connectivity index (χ1n) is 14.2. The highest BCUT2D eigenvalue weighted by Gasteiger charge is 2.17. The molecule has 2 aromatic carbocycles. The number of rotatable bonds is 13. The van der Waals surface area contributed by atoms with E-state index < -0.39 is 12.0 Å². The van der Waals surface area contributed by atoms with Gasteiger partial charge in [-0.05, 0) is 51.5 Å². The maximum Gasteiger partial charge on any atom is 0.320 e. The molecule has 0 bridgehead atoms. The Labute approximate surface area is 245 Å². The lowest BCUT2D eigenvalue weighted by Gasteiger charge is -2.18. The van der Waals surface area contributed by atoms with E-state index in [-0.39, 0.29) is 31.4 Å². The van der Waals surface area contributed by atoms with Gasteiger partial charge in [0.1, 0.15) is 17.5 Å². The third-order valence-electron chi connectivity index (χ3n) is 7.00. The number of benzene rings is 2. The summed E-state index contributed by atoms with van der Waals surface area (Å²) < 4.78 is 11.3. The average Bonchev–Trinajstić information content (AvgIpc) is 3.64. The minimum Gasteiger partial charge on any atom is -0.482 e. The molecule has 0 spiro atoms. The van der Waals surface area contributed by atoms with Gasteiger partial charge in [0.05, 0.1) is 11.0 Å². The number of nitrogens with zero attached hydrogens (tertiary/aromatic N) is 2. The van der Waals surface area contributed by atoms with Crippen molar-refractivity contribution in [2.75, 3.05) is 39.4 Å². The third-order valence-corrected chi connectivity index (χ3v) is 7.00. The van der Waals surface area contributed by atoms with Gasteiger partial charge in [-0.15, -0.1) is 0 Å². The fraction of sp³-hybridized carbons (Fsp3) is 0.387. The van der Waals surface area contributed by atoms with Gasteiger partial charge in [0, 0.05) is 55.8 Å². The van der Waals surface area contributed by atoms with E-state index in [1.54, 1.807) is 22.1 Å². The number of aromatic nitrogens is 2. The normalized spacial score (nSPS) is 11.5. The number of carboxylic acids is 1. The van der Waals surface area contributed by atoms with Crippen LogP contribution in [0.1, 0.15) is 33.3 Å². The molecule has 226 valence electrons. The van der Waals surface area contributed by atoms with Gasteiger partial charge in [-0.25, -0.2) is 0 Å². The maximum atomic E-state index is 12.0. The van der Waals surface area contributed by atoms with Crippen molar-refractivity contribution in [1.82, 2.24) is 19.8 Å². The lowest BCUT2D eigenvalue weighted by molar-refractivity contribution is -0.138. The van der Waals surface area contributed by atoms with E-state index in [4.69, 9.17) is 20.3 Å². The lowest BCUT2D eigenvalue weighted by Crippen LogP contribution is -2.34. The molecule has 0 fully saturated rings. The van der Waals surface area contributed by atoms with Crippen molar-refractivity contribution in [2.24, 2.45) is 5.73 Å². The molecule has 2 amide bonds. The van der Waals surface area contributed by atoms with E-state index in [2.05, 4.69) is 9.97 Å². The van der Waals surface area contributed by atoms with Crippen LogP contribution in [-0.4, -0.2) is 88.1 Å². The van der Waals surface area contributed by atoms with Gasteiger partial charge >= 0.3 is 5.97 Å². The Morgan fingerprint density at radius 2 is 1.36 bits per heavy atom. The monoisotopic (exact) mass is 579 g/mol. The standard InChI is InChI=1S/C17H23N3O4.C14H18N2O2/c1-3-20(4-2)15(21)10-24-14-7-5-6-12-11(9-19-16(12)14)8-13(18)17(22)23;1-3-16(4-2)13(17)10-18-12-7-5-6-11-8-9-15-14(11)12/h5-7,9,13,19H,3-4,8,10,18H2,1-2H3,(H,22,23);5-9,15H,3-4,10H2,1-2H3/t13-;/m0./s1. The second kappa shape index (κ2) is 15.5. The topological polar surface area (TPSA) is 154 Å². The number of nitrogens with two attached hydrogens (primary N) is 1. The van der Waals surface area contributed by atoms with Crippen molar-refractivity contribution in [3.63, 3.8) is 0 Å². The minimum atomic E-state index is -1.04. The molecule has 0 unspecified atom stereocenters. The van der Waals surface area contributed by atoms with Gasteiger partial charge in [0.2, 0.25) is 0 Å². The van der Waals surface area contributed by atoms with Crippen LogP contribution in [0.15, 0.2) is 54.9 Å². The summed E-state index contributed by atoms with van der Waals surface area (Å²) in [5, 5.41) is 10.9. The molecule has 11 heteroatoms. The van der Waals surface area contributed by atoms with Crippen LogP contribution >= 0.6 is 0 Å². The lowest BCUT2D eigenvalue weighted by atomic mass is 10.1. The molecule has 4 rings (SSSR count). The Bertz CT molecular complexity index is 1470. The zero-order valence-corrected chi connectivity index (χ0v) is 24.7. The van der Waals surface area contributed by atoms with Crippen molar-refractivity contribution in [3.8, 4) is 11.5 Å². The van der Waals surface area contributed by atoms with Gasteiger partial charge in [-0.2, -0.15) is 0 Å². The molecular formula is C31H41N5O6. The molecule has 0 radical (unpaired) electrons. The summed E-state index contributed by atoms with van der Waals surface area (Å²) in [5.74, 6) is 0.183. The molecule has 0 aliphatic heterocycles. The number of para-hydroxylation sites is 2. The fourth-order valence-electron chi connectivity index (χ4n) is 4.59. The fourth-order valence-corrected chi connectivity index (χ4v) is 4.59. The highest BCUT2D eigenvalue weighted by atomic mass is 16.5. The summed E-state index contributed by atoms with van der Waals surface area (Å²) in [6, 6.07) is 12.3. The van der Waals surface area contributed by atoms with Crippen LogP contribution < -0.4 is 15.2 Å². The summed E-state index contributed by atoms with van der Waals surface area (Å²) in [6.07, 6.45) is 3.81. The second-order valence-corrected chi connectivity index (χ2v) is 9.55. The Hall–Kier alpha value is -4.51. The highest BCUT2D eigenvalue weighted by Crippen LogP contribution is 2.28. The summed E-state index contributed by atoms with van der Waals surface area (Å²) >= 11 is 0. The van der Waals surface area contributed by atoms with E-state index in [9.17, 15) is 14.4 Å². The summed E-state index contributed by atoms with van der Waals surface area (Å²) in [6.45, 7) is 10.5. The Morgan fingerprint density at radius 3 is 1.90 bits per heavy atom. The van der Waals surface area contributed by atoms with Crippen molar-refractivity contribution in [3.05, 3.63) is 60.4 Å². The quantitative estimate of drug-likeness (QED) is 0.188. The Kier molecular flexibility index (Phi) is 11.8. The molecule has 1 atom stereocenters. The zero-order chi connectivity index (χ0) is 30.6. The van der Waals surface area contributed by atoms with E-state index in [0.29, 0.717) is 31.9 Å². The summed E-state index contributed by atoms with van der Waals surface area (Å²) in [5.41, 5.74) is 8.08. The molecule has 2 heterocycles. The van der Waals surface area contributed by atoms with Gasteiger partial charge in [-0.3, -0.25) is 14.4 Å². The van der Waals surface area contributed by atoms with Crippen LogP contribution in [0, 0.1) is 0 Å². The Morgan fingerprint density at radius 1 is 0.810 bits per heavy atom. The predicted octanol–water partition coefficient (Wildman–Crippen LogP) is 3.78. The number of amides is 2. The van der Waals surface area contributed by atoms with Crippen molar-refractivity contribution in [2.45, 2.75) is 40.2 Å². The SMILES string of the molecule is CCN(CC)C(=O)COc1cccc2c(C[C@H](N)C(=O)O)c[nH]c12.CCN(CC)C(=O)COc1cccc2cc[nH]c12. The van der Waals surface area contributed by atoms with Crippen molar-refractivity contribution >= 4 is 39.6 Å². The number of carbonyl (C=O) groups excluding carboxylic acids is 2. The highest BCUT2D eigenvalue weighted by molar-refractivity contribution is 5.89. The number of likely N-dealkylation sites (N-methyl/N-ethyl adjacent to an activating group) is 2.